The second kappa shape index (κ2) is 8.67. The van der Waals surface area contributed by atoms with Crippen molar-refractivity contribution in [1.29, 1.82) is 0 Å². The van der Waals surface area contributed by atoms with E-state index >= 15 is 0 Å². The molecule has 0 radical (unpaired) electrons. The summed E-state index contributed by atoms with van der Waals surface area (Å²) in [5.41, 5.74) is 0. The Morgan fingerprint density at radius 1 is 1.33 bits per heavy atom. The van der Waals surface area contributed by atoms with E-state index in [2.05, 4.69) is 6.92 Å². The van der Waals surface area contributed by atoms with Crippen LogP contribution in [0, 0.1) is 0 Å². The van der Waals surface area contributed by atoms with Gasteiger partial charge in [-0.2, -0.15) is 0 Å². The number of carbonyl (C=O) groups is 1. The van der Waals surface area contributed by atoms with Crippen LogP contribution in [-0.2, 0) is 4.79 Å². The van der Waals surface area contributed by atoms with Crippen LogP contribution in [0.15, 0.2) is 0 Å². The molecule has 0 saturated heterocycles. The number of carbonyl (C=O) groups excluding carboxylic acids is 1. The van der Waals surface area contributed by atoms with Gasteiger partial charge in [0.2, 0.25) is 0 Å². The molecule has 9 heavy (non-hydrogen) atoms. The Balaban J connectivity index is 0. The van der Waals surface area contributed by atoms with Gasteiger partial charge in [-0.15, -0.1) is 0 Å². The van der Waals surface area contributed by atoms with Gasteiger partial charge in [-0.25, -0.2) is 0 Å². The molecular formula is C7H15NaO. The van der Waals surface area contributed by atoms with Crippen molar-refractivity contribution in [2.75, 3.05) is 0 Å². The molecule has 0 heterocycles. The molecule has 0 atom stereocenters. The minimum atomic E-state index is 0. The second-order valence-corrected chi connectivity index (χ2v) is 2.16. The molecule has 0 saturated carbocycles. The summed E-state index contributed by atoms with van der Waals surface area (Å²) in [6, 6.07) is 0. The summed E-state index contributed by atoms with van der Waals surface area (Å²) in [4.78, 5) is 10.3. The van der Waals surface area contributed by atoms with Gasteiger partial charge >= 0.3 is 29.6 Å². The Morgan fingerprint density at radius 3 is 2.22 bits per heavy atom. The molecule has 0 aliphatic heterocycles. The van der Waals surface area contributed by atoms with Crippen molar-refractivity contribution >= 4 is 35.3 Å². The first-order valence-electron chi connectivity index (χ1n) is 3.26. The third kappa shape index (κ3) is 12.0. The number of Topliss-reactive ketones (excluding diaryl/α,β-unsaturated/α-hetero) is 1. The van der Waals surface area contributed by atoms with Crippen LogP contribution in [0.2, 0.25) is 0 Å². The third-order valence-electron chi connectivity index (χ3n) is 1.13. The quantitative estimate of drug-likeness (QED) is 0.425. The molecule has 0 amide bonds. The molecule has 2 heteroatoms. The fourth-order valence-corrected chi connectivity index (χ4v) is 0.624. The number of hydrogen-bond acceptors (Lipinski definition) is 1. The van der Waals surface area contributed by atoms with E-state index < -0.39 is 0 Å². The van der Waals surface area contributed by atoms with E-state index in [0.29, 0.717) is 5.78 Å². The standard InChI is InChI=1S/C7H14O.Na.H/c1-3-4-5-6-7(2)8;;/h3-6H2,1-2H3;;. The summed E-state index contributed by atoms with van der Waals surface area (Å²) in [6.45, 7) is 3.79. The molecule has 0 rings (SSSR count). The summed E-state index contributed by atoms with van der Waals surface area (Å²) in [7, 11) is 0. The first-order chi connectivity index (χ1) is 3.77. The van der Waals surface area contributed by atoms with Crippen molar-refractivity contribution in [1.82, 2.24) is 0 Å². The molecule has 50 valence electrons. The van der Waals surface area contributed by atoms with Crippen LogP contribution in [0.4, 0.5) is 0 Å². The summed E-state index contributed by atoms with van der Waals surface area (Å²) >= 11 is 0. The average molecular weight is 138 g/mol. The van der Waals surface area contributed by atoms with Crippen LogP contribution in [-0.4, -0.2) is 35.3 Å². The summed E-state index contributed by atoms with van der Waals surface area (Å²) in [5, 5.41) is 0. The second-order valence-electron chi connectivity index (χ2n) is 2.16. The Hall–Kier alpha value is 0.670. The van der Waals surface area contributed by atoms with Gasteiger partial charge in [0.05, 0.1) is 0 Å². The summed E-state index contributed by atoms with van der Waals surface area (Å²) < 4.78 is 0. The van der Waals surface area contributed by atoms with Gasteiger partial charge in [0.1, 0.15) is 5.78 Å². The van der Waals surface area contributed by atoms with Crippen molar-refractivity contribution in [3.8, 4) is 0 Å². The van der Waals surface area contributed by atoms with E-state index in [1.54, 1.807) is 6.92 Å². The number of rotatable bonds is 4. The Kier molecular flexibility index (Phi) is 11.9. The van der Waals surface area contributed by atoms with Crippen molar-refractivity contribution < 1.29 is 4.79 Å². The summed E-state index contributed by atoms with van der Waals surface area (Å²) in [6.07, 6.45) is 4.24. The van der Waals surface area contributed by atoms with Crippen molar-refractivity contribution in [2.45, 2.75) is 39.5 Å². The van der Waals surface area contributed by atoms with E-state index in [9.17, 15) is 4.79 Å². The molecule has 0 aromatic rings. The predicted octanol–water partition coefficient (Wildman–Crippen LogP) is 1.51. The first kappa shape index (κ1) is 12.4. The first-order valence-corrected chi connectivity index (χ1v) is 3.26. The molecule has 0 unspecified atom stereocenters. The number of ketones is 1. The average Bonchev–Trinajstić information content (AvgIpc) is 1.66. The van der Waals surface area contributed by atoms with Crippen molar-refractivity contribution in [3.05, 3.63) is 0 Å². The fraction of sp³-hybridized carbons (Fsp3) is 0.857. The number of unbranched alkanes of at least 4 members (excludes halogenated alkanes) is 2. The zero-order valence-corrected chi connectivity index (χ0v) is 5.74. The zero-order chi connectivity index (χ0) is 6.41. The molecule has 0 N–H and O–H groups in total. The van der Waals surface area contributed by atoms with Crippen LogP contribution < -0.4 is 0 Å². The maximum atomic E-state index is 10.3. The van der Waals surface area contributed by atoms with Crippen LogP contribution in [0.5, 0.6) is 0 Å². The van der Waals surface area contributed by atoms with Crippen molar-refractivity contribution in [2.24, 2.45) is 0 Å². The van der Waals surface area contributed by atoms with E-state index in [1.165, 1.54) is 12.8 Å². The van der Waals surface area contributed by atoms with E-state index in [4.69, 9.17) is 0 Å². The molecule has 1 nitrogen and oxygen atoms in total. The van der Waals surface area contributed by atoms with Crippen LogP contribution in [0.25, 0.3) is 0 Å². The van der Waals surface area contributed by atoms with Gasteiger partial charge in [-0.05, 0) is 13.3 Å². The maximum absolute atomic E-state index is 10.3. The normalized spacial score (nSPS) is 8.22. The Bertz CT molecular complexity index is 71.3. The molecular weight excluding hydrogens is 123 g/mol. The molecule has 0 bridgehead atoms. The molecule has 0 aromatic carbocycles. The van der Waals surface area contributed by atoms with Gasteiger partial charge < -0.3 is 4.79 Å². The van der Waals surface area contributed by atoms with Gasteiger partial charge in [-0.1, -0.05) is 19.8 Å². The predicted molar refractivity (Wildman–Crippen MR) is 42.0 cm³/mol. The molecule has 0 fully saturated rings. The molecule has 0 spiro atoms. The monoisotopic (exact) mass is 138 g/mol. The minimum absolute atomic E-state index is 0. The van der Waals surface area contributed by atoms with Gasteiger partial charge in [0, 0.05) is 6.42 Å². The molecule has 0 aliphatic carbocycles. The van der Waals surface area contributed by atoms with Gasteiger partial charge in [0.15, 0.2) is 0 Å². The van der Waals surface area contributed by atoms with E-state index in [0.717, 1.165) is 12.8 Å². The van der Waals surface area contributed by atoms with E-state index in [1.807, 2.05) is 0 Å². The SMILES string of the molecule is CCCCCC(C)=O.[NaH]. The topological polar surface area (TPSA) is 17.1 Å². The molecule has 0 aliphatic rings. The van der Waals surface area contributed by atoms with Crippen molar-refractivity contribution in [3.63, 3.8) is 0 Å². The fourth-order valence-electron chi connectivity index (χ4n) is 0.624. The van der Waals surface area contributed by atoms with Crippen LogP contribution in [0.1, 0.15) is 39.5 Å². The van der Waals surface area contributed by atoms with Gasteiger partial charge in [0.25, 0.3) is 0 Å². The van der Waals surface area contributed by atoms with Gasteiger partial charge in [-0.3, -0.25) is 0 Å². The Labute approximate surface area is 79.5 Å². The number of hydrogen-bond donors (Lipinski definition) is 0. The van der Waals surface area contributed by atoms with Crippen LogP contribution >= 0.6 is 0 Å². The van der Waals surface area contributed by atoms with E-state index in [-0.39, 0.29) is 29.6 Å². The Morgan fingerprint density at radius 2 is 1.89 bits per heavy atom. The summed E-state index contributed by atoms with van der Waals surface area (Å²) in [5.74, 6) is 0.318. The van der Waals surface area contributed by atoms with Crippen LogP contribution in [0.3, 0.4) is 0 Å². The zero-order valence-electron chi connectivity index (χ0n) is 5.74. The third-order valence-corrected chi connectivity index (χ3v) is 1.13. The molecule has 0 aromatic heterocycles.